The van der Waals surface area contributed by atoms with E-state index in [2.05, 4.69) is 29.5 Å². The zero-order valence-electron chi connectivity index (χ0n) is 19.8. The Bertz CT molecular complexity index is 1020. The van der Waals surface area contributed by atoms with Crippen molar-refractivity contribution in [3.63, 3.8) is 0 Å². The number of amides is 2. The van der Waals surface area contributed by atoms with Gasteiger partial charge in [-0.05, 0) is 61.8 Å². The Labute approximate surface area is 195 Å². The number of piperidine rings is 1. The topological polar surface area (TPSA) is 89.5 Å². The lowest BCUT2D eigenvalue weighted by Crippen LogP contribution is -2.50. The van der Waals surface area contributed by atoms with Crippen molar-refractivity contribution < 1.29 is 19.1 Å². The summed E-state index contributed by atoms with van der Waals surface area (Å²) < 4.78 is 11.3. The van der Waals surface area contributed by atoms with E-state index in [0.717, 1.165) is 41.7 Å². The molecule has 2 aliphatic heterocycles. The zero-order chi connectivity index (χ0) is 23.5. The van der Waals surface area contributed by atoms with Gasteiger partial charge in [0.15, 0.2) is 0 Å². The molecule has 1 aromatic heterocycles. The van der Waals surface area contributed by atoms with Crippen LogP contribution in [0.25, 0.3) is 11.1 Å². The minimum Gasteiger partial charge on any atom is -0.493 e. The smallest absolute Gasteiger partial charge is 0.251 e. The van der Waals surface area contributed by atoms with Crippen molar-refractivity contribution >= 4 is 11.8 Å². The normalized spacial score (nSPS) is 24.7. The van der Waals surface area contributed by atoms with E-state index in [4.69, 9.17) is 9.47 Å². The van der Waals surface area contributed by atoms with E-state index >= 15 is 0 Å². The van der Waals surface area contributed by atoms with Crippen molar-refractivity contribution in [3.05, 3.63) is 41.6 Å². The summed E-state index contributed by atoms with van der Waals surface area (Å²) in [5.74, 6) is 1.63. The van der Waals surface area contributed by atoms with Crippen molar-refractivity contribution in [2.24, 2.45) is 17.8 Å². The molecular weight excluding hydrogens is 418 g/mol. The highest BCUT2D eigenvalue weighted by Gasteiger charge is 2.32. The molecule has 4 rings (SSSR count). The highest BCUT2D eigenvalue weighted by atomic mass is 16.5. The molecule has 0 spiro atoms. The maximum atomic E-state index is 13.2. The summed E-state index contributed by atoms with van der Waals surface area (Å²) in [6.45, 7) is 7.24. The molecule has 4 unspecified atom stereocenters. The van der Waals surface area contributed by atoms with Gasteiger partial charge in [-0.15, -0.1) is 0 Å². The molecule has 0 saturated carbocycles. The van der Waals surface area contributed by atoms with Crippen molar-refractivity contribution in [2.75, 3.05) is 20.3 Å². The maximum absolute atomic E-state index is 13.2. The summed E-state index contributed by atoms with van der Waals surface area (Å²) >= 11 is 0. The molecule has 2 N–H and O–H groups in total. The molecule has 176 valence electrons. The molecule has 2 aromatic rings. The van der Waals surface area contributed by atoms with Gasteiger partial charge in [0.25, 0.3) is 5.91 Å². The predicted octanol–water partition coefficient (Wildman–Crippen LogP) is 3.61. The lowest BCUT2D eigenvalue weighted by Gasteiger charge is -2.32. The highest BCUT2D eigenvalue weighted by Crippen LogP contribution is 2.38. The molecule has 0 radical (unpaired) electrons. The molecular formula is C26H33N3O4. The molecule has 0 bridgehead atoms. The van der Waals surface area contributed by atoms with Gasteiger partial charge in [0.2, 0.25) is 11.8 Å². The second-order valence-electron chi connectivity index (χ2n) is 9.49. The average Bonchev–Trinajstić information content (AvgIpc) is 2.98. The lowest BCUT2D eigenvalue weighted by atomic mass is 9.84. The van der Waals surface area contributed by atoms with Gasteiger partial charge in [-0.2, -0.15) is 0 Å². The molecule has 2 aliphatic rings. The number of hydrogen-bond acceptors (Lipinski definition) is 5. The minimum absolute atomic E-state index is 0.00991. The van der Waals surface area contributed by atoms with E-state index in [-0.39, 0.29) is 29.7 Å². The fraction of sp³-hybridized carbons (Fsp3) is 0.500. The van der Waals surface area contributed by atoms with Crippen LogP contribution in [-0.2, 0) is 11.2 Å². The third kappa shape index (κ3) is 5.13. The van der Waals surface area contributed by atoms with E-state index in [1.807, 2.05) is 25.1 Å². The Morgan fingerprint density at radius 3 is 2.79 bits per heavy atom. The fourth-order valence-corrected chi connectivity index (χ4v) is 4.84. The van der Waals surface area contributed by atoms with Crippen LogP contribution in [0.4, 0.5) is 0 Å². The molecule has 1 saturated heterocycles. The van der Waals surface area contributed by atoms with Crippen LogP contribution in [0.5, 0.6) is 11.6 Å². The van der Waals surface area contributed by atoms with Crippen molar-refractivity contribution in [2.45, 2.75) is 46.1 Å². The highest BCUT2D eigenvalue weighted by molar-refractivity contribution is 5.97. The van der Waals surface area contributed by atoms with Crippen LogP contribution < -0.4 is 20.1 Å². The Morgan fingerprint density at radius 2 is 2.09 bits per heavy atom. The fourth-order valence-electron chi connectivity index (χ4n) is 4.84. The van der Waals surface area contributed by atoms with E-state index < -0.39 is 0 Å². The van der Waals surface area contributed by atoms with Gasteiger partial charge in [0.1, 0.15) is 5.75 Å². The lowest BCUT2D eigenvalue weighted by molar-refractivity contribution is -0.129. The first-order valence-corrected chi connectivity index (χ1v) is 11.7. The summed E-state index contributed by atoms with van der Waals surface area (Å²) in [6.07, 6.45) is 4.45. The van der Waals surface area contributed by atoms with Gasteiger partial charge in [-0.25, -0.2) is 4.98 Å². The third-order valence-electron chi connectivity index (χ3n) is 6.73. The van der Waals surface area contributed by atoms with Crippen LogP contribution in [0.15, 0.2) is 30.5 Å². The monoisotopic (exact) mass is 451 g/mol. The number of methoxy groups -OCH3 is 1. The van der Waals surface area contributed by atoms with Crippen LogP contribution >= 0.6 is 0 Å². The SMILES string of the molecule is COc1ccc(-c2cc(C(=O)NCC3C(=O)NC(C)CC3C)cc3c2OCCC(C)C3)cn1. The van der Waals surface area contributed by atoms with Crippen LogP contribution in [0, 0.1) is 17.8 Å². The maximum Gasteiger partial charge on any atom is 0.251 e. The largest absolute Gasteiger partial charge is 0.493 e. The Morgan fingerprint density at radius 1 is 1.27 bits per heavy atom. The van der Waals surface area contributed by atoms with Gasteiger partial charge < -0.3 is 20.1 Å². The number of carbonyl (C=O) groups excluding carboxylic acids is 2. The zero-order valence-corrected chi connectivity index (χ0v) is 19.8. The van der Waals surface area contributed by atoms with Crippen LogP contribution in [0.3, 0.4) is 0 Å². The molecule has 7 nitrogen and oxygen atoms in total. The molecule has 1 fully saturated rings. The predicted molar refractivity (Wildman–Crippen MR) is 126 cm³/mol. The van der Waals surface area contributed by atoms with Crippen LogP contribution in [0.2, 0.25) is 0 Å². The molecule has 0 aliphatic carbocycles. The number of aromatic nitrogens is 1. The first-order valence-electron chi connectivity index (χ1n) is 11.7. The van der Waals surface area contributed by atoms with Crippen molar-refractivity contribution in [3.8, 4) is 22.8 Å². The number of rotatable bonds is 5. The number of carbonyl (C=O) groups is 2. The van der Waals surface area contributed by atoms with Gasteiger partial charge in [0, 0.05) is 41.5 Å². The molecule has 1 aromatic carbocycles. The number of ether oxygens (including phenoxy) is 2. The Kier molecular flexibility index (Phi) is 6.86. The Balaban J connectivity index is 1.62. The second kappa shape index (κ2) is 9.81. The molecule has 3 heterocycles. The number of benzene rings is 1. The average molecular weight is 452 g/mol. The van der Waals surface area contributed by atoms with Gasteiger partial charge in [-0.3, -0.25) is 9.59 Å². The number of pyridine rings is 1. The van der Waals surface area contributed by atoms with E-state index in [1.165, 1.54) is 0 Å². The number of fused-ring (bicyclic) bond motifs is 1. The number of hydrogen-bond donors (Lipinski definition) is 2. The van der Waals surface area contributed by atoms with Gasteiger partial charge in [-0.1, -0.05) is 13.8 Å². The second-order valence-corrected chi connectivity index (χ2v) is 9.49. The number of nitrogens with one attached hydrogen (secondary N) is 2. The summed E-state index contributed by atoms with van der Waals surface area (Å²) in [7, 11) is 1.58. The van der Waals surface area contributed by atoms with Gasteiger partial charge >= 0.3 is 0 Å². The quantitative estimate of drug-likeness (QED) is 0.725. The van der Waals surface area contributed by atoms with E-state index in [1.54, 1.807) is 19.4 Å². The molecule has 4 atom stereocenters. The van der Waals surface area contributed by atoms with E-state index in [9.17, 15) is 9.59 Å². The standard InChI is InChI=1S/C26H33N3O4/c1-15-7-8-33-24-19(9-15)11-20(12-21(24)18-5-6-23(32-4)27-13-18)25(30)28-14-22-16(2)10-17(3)29-26(22)31/h5-6,11-13,15-17,22H,7-10,14H2,1-4H3,(H,28,30)(H,29,31). The molecule has 2 amide bonds. The van der Waals surface area contributed by atoms with Gasteiger partial charge in [0.05, 0.1) is 19.6 Å². The summed E-state index contributed by atoms with van der Waals surface area (Å²) in [5.41, 5.74) is 3.30. The summed E-state index contributed by atoms with van der Waals surface area (Å²) in [5, 5.41) is 5.99. The Hall–Kier alpha value is -3.09. The first-order chi connectivity index (χ1) is 15.9. The van der Waals surface area contributed by atoms with Crippen LogP contribution in [0.1, 0.15) is 49.5 Å². The van der Waals surface area contributed by atoms with Crippen molar-refractivity contribution in [1.29, 1.82) is 0 Å². The summed E-state index contributed by atoms with van der Waals surface area (Å²) in [6, 6.07) is 7.69. The summed E-state index contributed by atoms with van der Waals surface area (Å²) in [4.78, 5) is 29.9. The first kappa shape index (κ1) is 23.1. The van der Waals surface area contributed by atoms with Crippen molar-refractivity contribution in [1.82, 2.24) is 15.6 Å². The third-order valence-corrected chi connectivity index (χ3v) is 6.73. The number of nitrogens with zero attached hydrogens (tertiary/aromatic N) is 1. The minimum atomic E-state index is -0.223. The van der Waals surface area contributed by atoms with E-state index in [0.29, 0.717) is 30.5 Å². The molecule has 7 heteroatoms. The van der Waals surface area contributed by atoms with Crippen LogP contribution in [-0.4, -0.2) is 43.1 Å². The molecule has 33 heavy (non-hydrogen) atoms.